The molecule has 0 radical (unpaired) electrons. The number of carbonyl (C=O) groups excluding carboxylic acids is 2. The van der Waals surface area contributed by atoms with Crippen LogP contribution < -0.4 is 0 Å². The number of hydrogen-bond donors (Lipinski definition) is 1. The number of hydrogen-bond acceptors (Lipinski definition) is 6. The van der Waals surface area contributed by atoms with Crippen molar-refractivity contribution in [1.82, 2.24) is 15.2 Å². The Morgan fingerprint density at radius 2 is 2.25 bits per heavy atom. The smallest absolute Gasteiger partial charge is 0.265 e. The van der Waals surface area contributed by atoms with E-state index in [0.717, 1.165) is 10.4 Å². The van der Waals surface area contributed by atoms with E-state index >= 15 is 0 Å². The van der Waals surface area contributed by atoms with Crippen LogP contribution in [0.5, 0.6) is 0 Å². The zero-order valence-electron chi connectivity index (χ0n) is 10.2. The van der Waals surface area contributed by atoms with E-state index in [1.165, 1.54) is 12.6 Å². The molecule has 0 atom stereocenters. The molecule has 0 aliphatic heterocycles. The number of nitrogens with one attached hydrogen (secondary N) is 1. The molecule has 0 aliphatic rings. The predicted octanol–water partition coefficient (Wildman–Crippen LogP) is 2.12. The summed E-state index contributed by atoms with van der Waals surface area (Å²) in [6.45, 7) is 0. The normalized spacial score (nSPS) is 10.6. The Labute approximate surface area is 117 Å². The Balaban J connectivity index is 1.81. The van der Waals surface area contributed by atoms with E-state index in [0.29, 0.717) is 5.56 Å². The fourth-order valence-corrected chi connectivity index (χ4v) is 2.58. The first-order valence-corrected chi connectivity index (χ1v) is 6.65. The van der Waals surface area contributed by atoms with E-state index in [1.54, 1.807) is 17.6 Å². The van der Waals surface area contributed by atoms with Crippen LogP contribution >= 0.6 is 11.3 Å². The van der Waals surface area contributed by atoms with Gasteiger partial charge in [0.25, 0.3) is 5.78 Å². The molecule has 0 saturated carbocycles. The lowest BCUT2D eigenvalue weighted by molar-refractivity contribution is -0.114. The standard InChI is InChI=1S/C13H9N3O3S/c17-10(12(18)13-14-7-15-16-13)4-8-5-19-6-9(8)11-2-1-3-20-11/h1-3,5-7H,4H2,(H,14,15,16). The van der Waals surface area contributed by atoms with Crippen LogP contribution in [0.1, 0.15) is 16.2 Å². The minimum atomic E-state index is -0.680. The van der Waals surface area contributed by atoms with E-state index in [-0.39, 0.29) is 12.2 Å². The van der Waals surface area contributed by atoms with Crippen molar-refractivity contribution in [2.75, 3.05) is 0 Å². The van der Waals surface area contributed by atoms with Crippen molar-refractivity contribution in [3.63, 3.8) is 0 Å². The van der Waals surface area contributed by atoms with Crippen molar-refractivity contribution in [3.8, 4) is 10.4 Å². The summed E-state index contributed by atoms with van der Waals surface area (Å²) < 4.78 is 5.15. The van der Waals surface area contributed by atoms with Gasteiger partial charge in [0.15, 0.2) is 5.82 Å². The summed E-state index contributed by atoms with van der Waals surface area (Å²) >= 11 is 1.54. The van der Waals surface area contributed by atoms with Gasteiger partial charge in [-0.2, -0.15) is 5.10 Å². The predicted molar refractivity (Wildman–Crippen MR) is 71.4 cm³/mol. The van der Waals surface area contributed by atoms with Gasteiger partial charge in [-0.3, -0.25) is 14.7 Å². The van der Waals surface area contributed by atoms with Gasteiger partial charge in [-0.1, -0.05) is 6.07 Å². The molecule has 0 amide bonds. The van der Waals surface area contributed by atoms with Gasteiger partial charge in [0, 0.05) is 22.4 Å². The van der Waals surface area contributed by atoms with Gasteiger partial charge >= 0.3 is 0 Å². The third kappa shape index (κ3) is 2.30. The summed E-state index contributed by atoms with van der Waals surface area (Å²) in [5.41, 5.74) is 1.52. The Kier molecular flexibility index (Phi) is 3.26. The molecule has 0 unspecified atom stereocenters. The number of aromatic amines is 1. The lowest BCUT2D eigenvalue weighted by Crippen LogP contribution is -2.18. The van der Waals surface area contributed by atoms with Crippen LogP contribution in [0.3, 0.4) is 0 Å². The highest BCUT2D eigenvalue weighted by Crippen LogP contribution is 2.29. The molecule has 3 rings (SSSR count). The maximum Gasteiger partial charge on any atom is 0.265 e. The molecule has 3 aromatic rings. The van der Waals surface area contributed by atoms with Crippen molar-refractivity contribution in [1.29, 1.82) is 0 Å². The van der Waals surface area contributed by atoms with Crippen LogP contribution in [0.2, 0.25) is 0 Å². The molecule has 0 saturated heterocycles. The minimum Gasteiger partial charge on any atom is -0.472 e. The van der Waals surface area contributed by atoms with Crippen LogP contribution in [0, 0.1) is 0 Å². The number of Topliss-reactive ketones (excluding diaryl/α,β-unsaturated/α-hetero) is 2. The highest BCUT2D eigenvalue weighted by molar-refractivity contribution is 7.13. The number of H-pyrrole nitrogens is 1. The summed E-state index contributed by atoms with van der Waals surface area (Å²) in [6.07, 6.45) is 4.23. The van der Waals surface area contributed by atoms with Gasteiger partial charge in [0.05, 0.1) is 12.5 Å². The second-order valence-corrected chi connectivity index (χ2v) is 5.00. The highest BCUT2D eigenvalue weighted by Gasteiger charge is 2.21. The Hall–Kier alpha value is -2.54. The average molecular weight is 287 g/mol. The second kappa shape index (κ2) is 5.22. The molecule has 1 N–H and O–H groups in total. The number of rotatable bonds is 5. The molecule has 0 spiro atoms. The number of furan rings is 1. The molecule has 7 heteroatoms. The van der Waals surface area contributed by atoms with Gasteiger partial charge in [-0.15, -0.1) is 11.3 Å². The molecule has 3 heterocycles. The average Bonchev–Trinajstić information content (AvgIpc) is 3.19. The number of carbonyl (C=O) groups is 2. The highest BCUT2D eigenvalue weighted by atomic mass is 32.1. The van der Waals surface area contributed by atoms with E-state index in [9.17, 15) is 9.59 Å². The molecule has 0 aliphatic carbocycles. The molecule has 0 bridgehead atoms. The van der Waals surface area contributed by atoms with E-state index in [4.69, 9.17) is 4.42 Å². The van der Waals surface area contributed by atoms with Gasteiger partial charge in [-0.25, -0.2) is 4.98 Å². The Bertz CT molecular complexity index is 729. The Morgan fingerprint density at radius 3 is 2.95 bits per heavy atom. The minimum absolute atomic E-state index is 0.0245. The first-order valence-electron chi connectivity index (χ1n) is 5.77. The zero-order valence-corrected chi connectivity index (χ0v) is 11.0. The summed E-state index contributed by atoms with van der Waals surface area (Å²) in [5, 5.41) is 7.88. The molecular weight excluding hydrogens is 278 g/mol. The van der Waals surface area contributed by atoms with E-state index in [1.807, 2.05) is 17.5 Å². The van der Waals surface area contributed by atoms with Crippen LogP contribution in [0.15, 0.2) is 40.8 Å². The monoisotopic (exact) mass is 287 g/mol. The molecule has 20 heavy (non-hydrogen) atoms. The van der Waals surface area contributed by atoms with Crippen LogP contribution in [0.25, 0.3) is 10.4 Å². The van der Waals surface area contributed by atoms with Crippen molar-refractivity contribution in [3.05, 3.63) is 47.8 Å². The molecular formula is C13H9N3O3S. The maximum atomic E-state index is 12.0. The van der Waals surface area contributed by atoms with Crippen molar-refractivity contribution < 1.29 is 14.0 Å². The van der Waals surface area contributed by atoms with Crippen molar-refractivity contribution in [2.24, 2.45) is 0 Å². The molecule has 3 aromatic heterocycles. The second-order valence-electron chi connectivity index (χ2n) is 4.05. The van der Waals surface area contributed by atoms with E-state index < -0.39 is 11.6 Å². The SMILES string of the molecule is O=C(Cc1cocc1-c1cccs1)C(=O)c1ncn[nH]1. The van der Waals surface area contributed by atoms with Crippen LogP contribution in [0.4, 0.5) is 0 Å². The molecule has 100 valence electrons. The molecule has 0 aromatic carbocycles. The number of aromatic nitrogens is 3. The summed E-state index contributed by atoms with van der Waals surface area (Å²) in [4.78, 5) is 28.4. The first kappa shape index (κ1) is 12.5. The fourth-order valence-electron chi connectivity index (χ4n) is 1.81. The van der Waals surface area contributed by atoms with Gasteiger partial charge in [-0.05, 0) is 11.4 Å². The van der Waals surface area contributed by atoms with Crippen LogP contribution in [-0.4, -0.2) is 26.7 Å². The summed E-state index contributed by atoms with van der Waals surface area (Å²) in [5.74, 6) is -1.28. The van der Waals surface area contributed by atoms with Gasteiger partial charge in [0.2, 0.25) is 5.78 Å². The van der Waals surface area contributed by atoms with E-state index in [2.05, 4.69) is 15.2 Å². The maximum absolute atomic E-state index is 12.0. The quantitative estimate of drug-likeness (QED) is 0.573. The van der Waals surface area contributed by atoms with Crippen LogP contribution in [-0.2, 0) is 11.2 Å². The lowest BCUT2D eigenvalue weighted by Gasteiger charge is -1.99. The first-order chi connectivity index (χ1) is 9.75. The third-order valence-corrected chi connectivity index (χ3v) is 3.67. The number of nitrogens with zero attached hydrogens (tertiary/aromatic N) is 2. The van der Waals surface area contributed by atoms with Crippen molar-refractivity contribution in [2.45, 2.75) is 6.42 Å². The topological polar surface area (TPSA) is 88.8 Å². The van der Waals surface area contributed by atoms with Gasteiger partial charge < -0.3 is 4.42 Å². The molecule has 6 nitrogen and oxygen atoms in total. The third-order valence-electron chi connectivity index (χ3n) is 2.76. The summed E-state index contributed by atoms with van der Waals surface area (Å²) in [7, 11) is 0. The summed E-state index contributed by atoms with van der Waals surface area (Å²) in [6, 6.07) is 3.85. The molecule has 0 fully saturated rings. The number of ketones is 2. The van der Waals surface area contributed by atoms with Crippen molar-refractivity contribution >= 4 is 22.9 Å². The zero-order chi connectivity index (χ0) is 13.9. The van der Waals surface area contributed by atoms with Gasteiger partial charge in [0.1, 0.15) is 6.33 Å². The lowest BCUT2D eigenvalue weighted by atomic mass is 10.0. The largest absolute Gasteiger partial charge is 0.472 e. The Morgan fingerprint density at radius 1 is 1.35 bits per heavy atom. The fraction of sp³-hybridized carbons (Fsp3) is 0.0769. The number of thiophene rings is 1.